The van der Waals surface area contributed by atoms with Crippen LogP contribution in [0.25, 0.3) is 0 Å². The van der Waals surface area contributed by atoms with E-state index in [0.717, 1.165) is 25.7 Å². The molecule has 1 aromatic rings. The Morgan fingerprint density at radius 3 is 2.35 bits per heavy atom. The van der Waals surface area contributed by atoms with Gasteiger partial charge in [-0.15, -0.1) is 0 Å². The summed E-state index contributed by atoms with van der Waals surface area (Å²) in [4.78, 5) is 11.7. The minimum absolute atomic E-state index is 0.0305. The van der Waals surface area contributed by atoms with Gasteiger partial charge in [-0.3, -0.25) is 0 Å². The first-order chi connectivity index (χ1) is 10.8. The largest absolute Gasteiger partial charge is 0.458 e. The number of carbonyl (C=O) groups excluding carboxylic acids is 1. The molecule has 0 spiro atoms. The predicted octanol–water partition coefficient (Wildman–Crippen LogP) is 1.45. The number of carbonyl (C=O) groups is 1. The summed E-state index contributed by atoms with van der Waals surface area (Å²) < 4.78 is 27.4. The second kappa shape index (κ2) is 7.72. The van der Waals surface area contributed by atoms with Crippen LogP contribution in [0.2, 0.25) is 0 Å². The number of rotatable bonds is 5. The molecule has 1 aromatic carbocycles. The van der Waals surface area contributed by atoms with E-state index in [4.69, 9.17) is 15.6 Å². The predicted molar refractivity (Wildman–Crippen MR) is 86.7 cm³/mol. The molecule has 1 fully saturated rings. The zero-order valence-electron chi connectivity index (χ0n) is 12.9. The minimum Gasteiger partial charge on any atom is -0.458 e. The normalized spacial score (nSPS) is 22.2. The van der Waals surface area contributed by atoms with Gasteiger partial charge in [-0.25, -0.2) is 18.4 Å². The first-order valence-corrected chi connectivity index (χ1v) is 9.11. The van der Waals surface area contributed by atoms with Crippen molar-refractivity contribution in [3.63, 3.8) is 0 Å². The number of sulfonamides is 1. The van der Waals surface area contributed by atoms with Crippen molar-refractivity contribution in [2.75, 3.05) is 0 Å². The number of benzene rings is 1. The molecule has 4 N–H and O–H groups in total. The van der Waals surface area contributed by atoms with Gasteiger partial charge in [0.25, 0.3) is 0 Å². The molecule has 1 aliphatic rings. The van der Waals surface area contributed by atoms with E-state index in [-0.39, 0.29) is 17.5 Å². The molecule has 0 aliphatic heterocycles. The summed E-state index contributed by atoms with van der Waals surface area (Å²) in [5.74, 6) is -0.0215. The maximum atomic E-state index is 11.7. The van der Waals surface area contributed by atoms with Gasteiger partial charge in [0.05, 0.1) is 4.90 Å². The molecule has 0 unspecified atom stereocenters. The number of esters is 1. The molecule has 1 aliphatic carbocycles. The first-order valence-electron chi connectivity index (χ1n) is 7.57. The summed E-state index contributed by atoms with van der Waals surface area (Å²) in [6.07, 6.45) is 7.32. The smallest absolute Gasteiger partial charge is 0.330 e. The summed E-state index contributed by atoms with van der Waals surface area (Å²) >= 11 is 0. The Morgan fingerprint density at radius 1 is 1.17 bits per heavy atom. The van der Waals surface area contributed by atoms with E-state index in [1.165, 1.54) is 18.2 Å². The lowest BCUT2D eigenvalue weighted by atomic mass is 9.86. The number of hydrogen-bond donors (Lipinski definition) is 2. The molecule has 0 radical (unpaired) electrons. The highest BCUT2D eigenvalue weighted by atomic mass is 32.2. The van der Waals surface area contributed by atoms with Crippen LogP contribution in [0.1, 0.15) is 31.2 Å². The van der Waals surface area contributed by atoms with E-state index in [1.807, 2.05) is 6.08 Å². The number of allylic oxidation sites excluding steroid dienone is 1. The highest BCUT2D eigenvalue weighted by molar-refractivity contribution is 7.89. The van der Waals surface area contributed by atoms with Gasteiger partial charge in [0, 0.05) is 12.1 Å². The van der Waals surface area contributed by atoms with E-state index >= 15 is 0 Å². The van der Waals surface area contributed by atoms with Gasteiger partial charge in [0.2, 0.25) is 10.0 Å². The maximum absolute atomic E-state index is 11.7. The van der Waals surface area contributed by atoms with Crippen molar-refractivity contribution in [1.29, 1.82) is 0 Å². The molecule has 6 nitrogen and oxygen atoms in total. The fourth-order valence-electron chi connectivity index (χ4n) is 2.53. The van der Waals surface area contributed by atoms with Crippen molar-refractivity contribution in [2.24, 2.45) is 16.8 Å². The Bertz CT molecular complexity index is 660. The van der Waals surface area contributed by atoms with Crippen molar-refractivity contribution in [1.82, 2.24) is 0 Å². The number of nitrogens with two attached hydrogens (primary N) is 2. The molecule has 1 saturated carbocycles. The van der Waals surface area contributed by atoms with Crippen LogP contribution in [0, 0.1) is 5.92 Å². The molecule has 0 aromatic heterocycles. The van der Waals surface area contributed by atoms with E-state index in [9.17, 15) is 13.2 Å². The van der Waals surface area contributed by atoms with Gasteiger partial charge in [0.1, 0.15) is 6.61 Å². The third-order valence-electron chi connectivity index (χ3n) is 3.95. The number of ether oxygens (including phenoxy) is 1. The second-order valence-electron chi connectivity index (χ2n) is 5.83. The topological polar surface area (TPSA) is 112 Å². The molecular weight excluding hydrogens is 316 g/mol. The van der Waals surface area contributed by atoms with Gasteiger partial charge in [0.15, 0.2) is 0 Å². The SMILES string of the molecule is NC1CCC(/C=C\C(=O)OCc2ccc(S(N)(=O)=O)cc2)CC1. The Balaban J connectivity index is 1.80. The standard InChI is InChI=1S/C16H22N2O4S/c17-14-6-1-12(2-7-14)5-10-16(19)22-11-13-3-8-15(9-4-13)23(18,20)21/h3-5,8-10,12,14H,1-2,6-7,11,17H2,(H2,18,20,21)/b10-5-. The van der Waals surface area contributed by atoms with Gasteiger partial charge in [-0.1, -0.05) is 18.2 Å². The molecule has 0 saturated heterocycles. The maximum Gasteiger partial charge on any atom is 0.330 e. The summed E-state index contributed by atoms with van der Waals surface area (Å²) in [6, 6.07) is 6.20. The molecule has 126 valence electrons. The third-order valence-corrected chi connectivity index (χ3v) is 4.88. The van der Waals surface area contributed by atoms with Crippen molar-refractivity contribution < 1.29 is 17.9 Å². The number of hydrogen-bond acceptors (Lipinski definition) is 5. The Labute approximate surface area is 136 Å². The molecule has 7 heteroatoms. The van der Waals surface area contributed by atoms with Crippen LogP contribution in [0.3, 0.4) is 0 Å². The van der Waals surface area contributed by atoms with Crippen molar-refractivity contribution >= 4 is 16.0 Å². The van der Waals surface area contributed by atoms with Crippen LogP contribution in [0.4, 0.5) is 0 Å². The second-order valence-corrected chi connectivity index (χ2v) is 7.39. The first kappa shape index (κ1) is 17.7. The quantitative estimate of drug-likeness (QED) is 0.623. The molecule has 0 amide bonds. The van der Waals surface area contributed by atoms with Gasteiger partial charge in [-0.05, 0) is 49.3 Å². The van der Waals surface area contributed by atoms with Crippen LogP contribution in [-0.2, 0) is 26.2 Å². The molecule has 2 rings (SSSR count). The summed E-state index contributed by atoms with van der Waals surface area (Å²) in [5.41, 5.74) is 6.54. The molecule has 23 heavy (non-hydrogen) atoms. The molecular formula is C16H22N2O4S. The average molecular weight is 338 g/mol. The van der Waals surface area contributed by atoms with E-state index in [0.29, 0.717) is 11.5 Å². The van der Waals surface area contributed by atoms with Crippen molar-refractivity contribution in [2.45, 2.75) is 43.2 Å². The number of primary sulfonamides is 1. The average Bonchev–Trinajstić information content (AvgIpc) is 2.52. The Hall–Kier alpha value is -1.70. The highest BCUT2D eigenvalue weighted by Crippen LogP contribution is 2.24. The third kappa shape index (κ3) is 5.78. The van der Waals surface area contributed by atoms with Crippen LogP contribution < -0.4 is 10.9 Å². The summed E-state index contributed by atoms with van der Waals surface area (Å²) in [5, 5.41) is 5.02. The fourth-order valence-corrected chi connectivity index (χ4v) is 3.05. The monoisotopic (exact) mass is 338 g/mol. The van der Waals surface area contributed by atoms with Crippen LogP contribution in [0.15, 0.2) is 41.3 Å². The lowest BCUT2D eigenvalue weighted by molar-refractivity contribution is -0.139. The van der Waals surface area contributed by atoms with Crippen LogP contribution in [-0.4, -0.2) is 20.4 Å². The summed E-state index contributed by atoms with van der Waals surface area (Å²) in [7, 11) is -3.70. The van der Waals surface area contributed by atoms with Gasteiger partial charge >= 0.3 is 5.97 Å². The lowest BCUT2D eigenvalue weighted by Crippen LogP contribution is -2.25. The van der Waals surface area contributed by atoms with E-state index < -0.39 is 16.0 Å². The molecule has 0 heterocycles. The van der Waals surface area contributed by atoms with E-state index in [1.54, 1.807) is 12.1 Å². The zero-order chi connectivity index (χ0) is 16.9. The Morgan fingerprint density at radius 2 is 1.78 bits per heavy atom. The fraction of sp³-hybridized carbons (Fsp3) is 0.438. The lowest BCUT2D eigenvalue weighted by Gasteiger charge is -2.23. The van der Waals surface area contributed by atoms with Crippen molar-refractivity contribution in [3.8, 4) is 0 Å². The molecule has 0 atom stereocenters. The van der Waals surface area contributed by atoms with Crippen molar-refractivity contribution in [3.05, 3.63) is 42.0 Å². The van der Waals surface area contributed by atoms with Gasteiger partial charge < -0.3 is 10.5 Å². The van der Waals surface area contributed by atoms with Crippen LogP contribution in [0.5, 0.6) is 0 Å². The summed E-state index contributed by atoms with van der Waals surface area (Å²) in [6.45, 7) is 0.0869. The highest BCUT2D eigenvalue weighted by Gasteiger charge is 2.16. The molecule has 0 bridgehead atoms. The van der Waals surface area contributed by atoms with Crippen LogP contribution >= 0.6 is 0 Å². The minimum atomic E-state index is -3.70. The van der Waals surface area contributed by atoms with Gasteiger partial charge in [-0.2, -0.15) is 0 Å². The Kier molecular flexibility index (Phi) is 5.92. The zero-order valence-corrected chi connectivity index (χ0v) is 13.7. The van der Waals surface area contributed by atoms with E-state index in [2.05, 4.69) is 0 Å².